The van der Waals surface area contributed by atoms with Crippen LogP contribution in [0, 0.1) is 13.8 Å². The number of amides is 4. The number of anilines is 1. The van der Waals surface area contributed by atoms with Crippen LogP contribution in [-0.4, -0.2) is 46.5 Å². The van der Waals surface area contributed by atoms with Gasteiger partial charge in [0.15, 0.2) is 0 Å². The van der Waals surface area contributed by atoms with Gasteiger partial charge in [-0.05, 0) is 49.6 Å². The molecule has 0 bridgehead atoms. The molecule has 0 saturated carbocycles. The monoisotopic (exact) mass is 469 g/mol. The summed E-state index contributed by atoms with van der Waals surface area (Å²) in [5, 5.41) is 2.97. The van der Waals surface area contributed by atoms with Crippen LogP contribution in [0.2, 0.25) is 0 Å². The lowest BCUT2D eigenvalue weighted by molar-refractivity contribution is -0.140. The largest absolute Gasteiger partial charge is 0.328 e. The van der Waals surface area contributed by atoms with Crippen LogP contribution in [0.5, 0.6) is 0 Å². The smallest absolute Gasteiger partial charge is 0.262 e. The lowest BCUT2D eigenvalue weighted by atomic mass is 10.0. The van der Waals surface area contributed by atoms with Gasteiger partial charge in [-0.1, -0.05) is 60.7 Å². The molecule has 2 atom stereocenters. The Morgan fingerprint density at radius 2 is 1.31 bits per heavy atom. The molecule has 0 unspecified atom stereocenters. The van der Waals surface area contributed by atoms with Crippen molar-refractivity contribution in [1.29, 1.82) is 0 Å². The second kappa shape index (κ2) is 9.54. The number of para-hydroxylation sites is 1. The molecule has 0 aromatic heterocycles. The van der Waals surface area contributed by atoms with Gasteiger partial charge in [-0.15, -0.1) is 0 Å². The summed E-state index contributed by atoms with van der Waals surface area (Å²) in [4.78, 5) is 55.2. The Bertz CT molecular complexity index is 1260. The van der Waals surface area contributed by atoms with Crippen LogP contribution < -0.4 is 5.32 Å². The number of carbonyl (C=O) groups is 4. The van der Waals surface area contributed by atoms with Gasteiger partial charge in [-0.3, -0.25) is 24.1 Å². The molecule has 4 rings (SSSR count). The highest BCUT2D eigenvalue weighted by Crippen LogP contribution is 2.29. The highest BCUT2D eigenvalue weighted by Gasteiger charge is 2.43. The number of fused-ring (bicyclic) bond motifs is 1. The predicted molar refractivity (Wildman–Crippen MR) is 133 cm³/mol. The zero-order valence-corrected chi connectivity index (χ0v) is 20.1. The van der Waals surface area contributed by atoms with E-state index in [2.05, 4.69) is 5.32 Å². The molecule has 0 spiro atoms. The van der Waals surface area contributed by atoms with Gasteiger partial charge in [-0.25, -0.2) is 0 Å². The van der Waals surface area contributed by atoms with Gasteiger partial charge in [0.05, 0.1) is 11.1 Å². The van der Waals surface area contributed by atoms with Crippen molar-refractivity contribution in [2.45, 2.75) is 32.9 Å². The minimum atomic E-state index is -1.09. The molecular formula is C28H27N3O4. The Morgan fingerprint density at radius 3 is 1.86 bits per heavy atom. The summed E-state index contributed by atoms with van der Waals surface area (Å²) in [7, 11) is 1.51. The second-order valence-electron chi connectivity index (χ2n) is 8.72. The van der Waals surface area contributed by atoms with E-state index in [1.807, 2.05) is 38.1 Å². The van der Waals surface area contributed by atoms with E-state index in [1.54, 1.807) is 48.5 Å². The van der Waals surface area contributed by atoms with Gasteiger partial charge in [0.25, 0.3) is 17.7 Å². The van der Waals surface area contributed by atoms with E-state index in [1.165, 1.54) is 18.9 Å². The summed E-state index contributed by atoms with van der Waals surface area (Å²) >= 11 is 0. The number of hydrogen-bond acceptors (Lipinski definition) is 4. The number of hydrogen-bond donors (Lipinski definition) is 1. The van der Waals surface area contributed by atoms with Crippen LogP contribution in [0.4, 0.5) is 5.69 Å². The maximum absolute atomic E-state index is 13.6. The van der Waals surface area contributed by atoms with Crippen LogP contribution in [0.3, 0.4) is 0 Å². The van der Waals surface area contributed by atoms with Crippen molar-refractivity contribution in [2.75, 3.05) is 12.4 Å². The Morgan fingerprint density at radius 1 is 0.800 bits per heavy atom. The highest BCUT2D eigenvalue weighted by atomic mass is 16.2. The molecule has 0 aliphatic carbocycles. The molecule has 3 aromatic rings. The number of nitrogens with one attached hydrogen (secondary N) is 1. The molecule has 7 heteroatoms. The fraction of sp³-hybridized carbons (Fsp3) is 0.214. The number of likely N-dealkylation sites (N-methyl/N-ethyl adjacent to an activating group) is 1. The van der Waals surface area contributed by atoms with Crippen LogP contribution in [0.15, 0.2) is 72.8 Å². The number of aryl methyl sites for hydroxylation is 2. The van der Waals surface area contributed by atoms with Gasteiger partial charge in [0.1, 0.15) is 12.1 Å². The van der Waals surface area contributed by atoms with Gasteiger partial charge in [-0.2, -0.15) is 0 Å². The van der Waals surface area contributed by atoms with Crippen molar-refractivity contribution in [3.05, 3.63) is 101 Å². The van der Waals surface area contributed by atoms with Crippen LogP contribution in [0.1, 0.15) is 50.4 Å². The van der Waals surface area contributed by atoms with Gasteiger partial charge in [0, 0.05) is 12.7 Å². The zero-order valence-electron chi connectivity index (χ0n) is 20.1. The molecule has 1 N–H and O–H groups in total. The van der Waals surface area contributed by atoms with E-state index >= 15 is 0 Å². The van der Waals surface area contributed by atoms with Crippen molar-refractivity contribution < 1.29 is 19.2 Å². The third-order valence-corrected chi connectivity index (χ3v) is 6.40. The molecule has 0 fully saturated rings. The van der Waals surface area contributed by atoms with Crippen LogP contribution >= 0.6 is 0 Å². The number of carbonyl (C=O) groups excluding carboxylic acids is 4. The first-order chi connectivity index (χ1) is 16.7. The van der Waals surface area contributed by atoms with E-state index in [0.29, 0.717) is 11.3 Å². The Balaban J connectivity index is 1.64. The molecule has 1 aliphatic rings. The molecule has 0 saturated heterocycles. The number of imide groups is 1. The minimum absolute atomic E-state index is 0.271. The molecule has 178 valence electrons. The van der Waals surface area contributed by atoms with Gasteiger partial charge >= 0.3 is 0 Å². The molecular weight excluding hydrogens is 442 g/mol. The number of rotatable bonds is 6. The summed E-state index contributed by atoms with van der Waals surface area (Å²) in [6.07, 6.45) is 0. The first-order valence-corrected chi connectivity index (χ1v) is 11.4. The van der Waals surface area contributed by atoms with E-state index in [9.17, 15) is 19.2 Å². The van der Waals surface area contributed by atoms with Crippen molar-refractivity contribution in [1.82, 2.24) is 9.80 Å². The molecule has 35 heavy (non-hydrogen) atoms. The standard InChI is InChI=1S/C28H27N3O4/c1-17-11-10-12-18(2)23(17)29-25(32)24(20-13-6-5-7-14-20)30(4)26(33)19(3)31-27(34)21-15-8-9-16-22(21)28(31)35/h5-16,19,24H,1-4H3,(H,29,32)/t19-,24-/m1/s1. The van der Waals surface area contributed by atoms with Crippen LogP contribution in [-0.2, 0) is 9.59 Å². The summed E-state index contributed by atoms with van der Waals surface area (Å²) in [5.74, 6) is -1.95. The number of benzene rings is 3. The van der Waals surface area contributed by atoms with Gasteiger partial charge in [0.2, 0.25) is 5.91 Å². The maximum Gasteiger partial charge on any atom is 0.262 e. The van der Waals surface area contributed by atoms with Crippen molar-refractivity contribution >= 4 is 29.3 Å². The summed E-state index contributed by atoms with van der Waals surface area (Å²) in [6, 6.07) is 19.1. The first-order valence-electron chi connectivity index (χ1n) is 11.4. The van der Waals surface area contributed by atoms with E-state index in [0.717, 1.165) is 16.0 Å². The number of nitrogens with zero attached hydrogens (tertiary/aromatic N) is 2. The minimum Gasteiger partial charge on any atom is -0.328 e. The third kappa shape index (κ3) is 4.33. The van der Waals surface area contributed by atoms with E-state index < -0.39 is 29.8 Å². The maximum atomic E-state index is 13.6. The highest BCUT2D eigenvalue weighted by molar-refractivity contribution is 6.22. The van der Waals surface area contributed by atoms with Crippen molar-refractivity contribution in [3.8, 4) is 0 Å². The lowest BCUT2D eigenvalue weighted by Gasteiger charge is -2.32. The lowest BCUT2D eigenvalue weighted by Crippen LogP contribution is -2.50. The van der Waals surface area contributed by atoms with Crippen LogP contribution in [0.25, 0.3) is 0 Å². The van der Waals surface area contributed by atoms with Crippen molar-refractivity contribution in [3.63, 3.8) is 0 Å². The van der Waals surface area contributed by atoms with E-state index in [-0.39, 0.29) is 17.0 Å². The summed E-state index contributed by atoms with van der Waals surface area (Å²) in [5.41, 5.74) is 3.64. The molecule has 0 radical (unpaired) electrons. The Hall–Kier alpha value is -4.26. The Kier molecular flexibility index (Phi) is 6.51. The Labute approximate surface area is 204 Å². The second-order valence-corrected chi connectivity index (χ2v) is 8.72. The average Bonchev–Trinajstić information content (AvgIpc) is 3.11. The molecule has 1 aliphatic heterocycles. The quantitative estimate of drug-likeness (QED) is 0.550. The average molecular weight is 470 g/mol. The summed E-state index contributed by atoms with van der Waals surface area (Å²) in [6.45, 7) is 5.31. The van der Waals surface area contributed by atoms with Crippen molar-refractivity contribution in [2.24, 2.45) is 0 Å². The predicted octanol–water partition coefficient (Wildman–Crippen LogP) is 4.13. The fourth-order valence-corrected chi connectivity index (χ4v) is 4.48. The normalized spacial score (nSPS) is 14.3. The zero-order chi connectivity index (χ0) is 25.3. The first kappa shape index (κ1) is 23.9. The topological polar surface area (TPSA) is 86.8 Å². The summed E-state index contributed by atoms with van der Waals surface area (Å²) < 4.78 is 0. The fourth-order valence-electron chi connectivity index (χ4n) is 4.48. The van der Waals surface area contributed by atoms with E-state index in [4.69, 9.17) is 0 Å². The molecule has 1 heterocycles. The third-order valence-electron chi connectivity index (χ3n) is 6.40. The molecule has 7 nitrogen and oxygen atoms in total. The van der Waals surface area contributed by atoms with Gasteiger partial charge < -0.3 is 10.2 Å². The molecule has 3 aromatic carbocycles. The SMILES string of the molecule is Cc1cccc(C)c1NC(=O)[C@@H](c1ccccc1)N(C)C(=O)[C@@H](C)N1C(=O)c2ccccc2C1=O. The molecule has 4 amide bonds.